The molecule has 4 heteroatoms. The molecule has 0 amide bonds. The predicted octanol–water partition coefficient (Wildman–Crippen LogP) is 2.86. The molecule has 2 aromatic heterocycles. The number of hydrogen-bond acceptors (Lipinski definition) is 4. The van der Waals surface area contributed by atoms with Crippen molar-refractivity contribution in [3.05, 3.63) is 60.7 Å². The minimum Gasteiger partial charge on any atom is -0.261 e. The molecule has 0 atom stereocenters. The second-order valence-electron chi connectivity index (χ2n) is 3.58. The third kappa shape index (κ3) is 4.65. The zero-order valence-electron chi connectivity index (χ0n) is 10.7. The first-order chi connectivity index (χ1) is 8.65. The van der Waals surface area contributed by atoms with Gasteiger partial charge in [-0.2, -0.15) is 0 Å². The first-order valence-corrected chi connectivity index (χ1v) is 5.48. The highest BCUT2D eigenvalue weighted by Gasteiger charge is 1.86. The summed E-state index contributed by atoms with van der Waals surface area (Å²) in [7, 11) is 0. The molecular weight excluding hydrogens is 224 g/mol. The second-order valence-corrected chi connectivity index (χ2v) is 3.58. The van der Waals surface area contributed by atoms with E-state index in [4.69, 9.17) is 0 Å². The van der Waals surface area contributed by atoms with Gasteiger partial charge in [-0.15, -0.1) is 0 Å². The minimum absolute atomic E-state index is 0.829. The van der Waals surface area contributed by atoms with Gasteiger partial charge in [-0.3, -0.25) is 19.9 Å². The molecule has 4 nitrogen and oxygen atoms in total. The summed E-state index contributed by atoms with van der Waals surface area (Å²) >= 11 is 0. The molecule has 0 aliphatic carbocycles. The van der Waals surface area contributed by atoms with Crippen molar-refractivity contribution in [3.63, 3.8) is 0 Å². The van der Waals surface area contributed by atoms with Gasteiger partial charge in [0.1, 0.15) is 0 Å². The van der Waals surface area contributed by atoms with Crippen LogP contribution in [0.4, 0.5) is 0 Å². The Morgan fingerprint density at radius 2 is 1.17 bits per heavy atom. The van der Waals surface area contributed by atoms with E-state index >= 15 is 0 Å². The van der Waals surface area contributed by atoms with Crippen molar-refractivity contribution >= 4 is 12.2 Å². The lowest BCUT2D eigenvalue weighted by Gasteiger charge is -1.90. The average Bonchev–Trinajstić information content (AvgIpc) is 2.39. The molecule has 0 aromatic carbocycles. The number of aryl methyl sites for hydroxylation is 2. The Bertz CT molecular complexity index is 485. The van der Waals surface area contributed by atoms with E-state index in [1.165, 1.54) is 0 Å². The van der Waals surface area contributed by atoms with Crippen molar-refractivity contribution in [2.75, 3.05) is 0 Å². The summed E-state index contributed by atoms with van der Waals surface area (Å²) < 4.78 is 0. The van der Waals surface area contributed by atoms with Gasteiger partial charge >= 0.3 is 0 Å². The fraction of sp³-hybridized carbons (Fsp3) is 0.143. The molecule has 0 aliphatic rings. The smallest absolute Gasteiger partial charge is 0.0810 e. The summed E-state index contributed by atoms with van der Waals surface area (Å²) in [6.07, 6.45) is 10.2. The maximum Gasteiger partial charge on any atom is 0.0810 e. The highest BCUT2D eigenvalue weighted by atomic mass is 14.8. The summed E-state index contributed by atoms with van der Waals surface area (Å²) in [6.45, 7) is 10.9. The summed E-state index contributed by atoms with van der Waals surface area (Å²) in [5.74, 6) is 0. The predicted molar refractivity (Wildman–Crippen MR) is 73.7 cm³/mol. The monoisotopic (exact) mass is 240 g/mol. The normalized spacial score (nSPS) is 9.00. The van der Waals surface area contributed by atoms with E-state index in [0.29, 0.717) is 0 Å². The van der Waals surface area contributed by atoms with E-state index in [9.17, 15) is 0 Å². The highest BCUT2D eigenvalue weighted by Crippen LogP contribution is 1.95. The maximum atomic E-state index is 4.11. The van der Waals surface area contributed by atoms with Gasteiger partial charge in [0, 0.05) is 12.4 Å². The number of rotatable bonds is 2. The van der Waals surface area contributed by atoms with Gasteiger partial charge in [0.25, 0.3) is 0 Å². The molecule has 0 aliphatic heterocycles. The van der Waals surface area contributed by atoms with Crippen LogP contribution in [0.5, 0.6) is 0 Å². The van der Waals surface area contributed by atoms with E-state index in [1.54, 1.807) is 36.9 Å². The highest BCUT2D eigenvalue weighted by molar-refractivity contribution is 5.39. The number of nitrogens with zero attached hydrogens (tertiary/aromatic N) is 4. The zero-order valence-corrected chi connectivity index (χ0v) is 10.7. The molecular formula is C14H16N4. The molecule has 92 valence electrons. The lowest BCUT2D eigenvalue weighted by molar-refractivity contribution is 1.10. The Kier molecular flexibility index (Phi) is 5.38. The maximum absolute atomic E-state index is 4.11. The van der Waals surface area contributed by atoms with Gasteiger partial charge in [0.15, 0.2) is 0 Å². The summed E-state index contributed by atoms with van der Waals surface area (Å²) in [6, 6.07) is 0. The van der Waals surface area contributed by atoms with Crippen LogP contribution in [-0.4, -0.2) is 19.9 Å². The van der Waals surface area contributed by atoms with Crippen molar-refractivity contribution in [2.24, 2.45) is 0 Å². The van der Waals surface area contributed by atoms with Gasteiger partial charge in [-0.1, -0.05) is 13.2 Å². The van der Waals surface area contributed by atoms with Crippen LogP contribution >= 0.6 is 0 Å². The lowest BCUT2D eigenvalue weighted by atomic mass is 10.4. The van der Waals surface area contributed by atoms with Crippen LogP contribution in [-0.2, 0) is 0 Å². The van der Waals surface area contributed by atoms with Crippen molar-refractivity contribution in [1.29, 1.82) is 0 Å². The molecule has 2 rings (SSSR count). The Labute approximate surface area is 107 Å². The Balaban J connectivity index is 0.000000180. The second kappa shape index (κ2) is 7.06. The first kappa shape index (κ1) is 13.7. The van der Waals surface area contributed by atoms with E-state index in [0.717, 1.165) is 22.8 Å². The summed E-state index contributed by atoms with van der Waals surface area (Å²) in [5.41, 5.74) is 3.50. The number of aromatic nitrogens is 4. The summed E-state index contributed by atoms with van der Waals surface area (Å²) in [4.78, 5) is 16.1. The quantitative estimate of drug-likeness (QED) is 0.810. The molecule has 0 saturated heterocycles. The topological polar surface area (TPSA) is 51.6 Å². The van der Waals surface area contributed by atoms with E-state index in [1.807, 2.05) is 13.8 Å². The first-order valence-electron chi connectivity index (χ1n) is 5.48. The number of hydrogen-bond donors (Lipinski definition) is 0. The standard InChI is InChI=1S/2C7H8N2/c2*1-3-7-5-8-4-6(2)9-7/h2*3-5H,1H2,2H3. The van der Waals surface area contributed by atoms with E-state index in [-0.39, 0.29) is 0 Å². The molecule has 0 saturated carbocycles. The molecule has 0 fully saturated rings. The molecule has 0 unspecified atom stereocenters. The van der Waals surface area contributed by atoms with Gasteiger partial charge in [-0.05, 0) is 26.0 Å². The van der Waals surface area contributed by atoms with Crippen molar-refractivity contribution < 1.29 is 0 Å². The minimum atomic E-state index is 0.829. The SMILES string of the molecule is C=Cc1cncc(C)n1.C=Cc1cncc(C)n1. The van der Waals surface area contributed by atoms with Gasteiger partial charge in [-0.25, -0.2) is 0 Å². The molecule has 0 spiro atoms. The van der Waals surface area contributed by atoms with Crippen LogP contribution in [0.2, 0.25) is 0 Å². The zero-order chi connectivity index (χ0) is 13.4. The molecule has 0 bridgehead atoms. The Hall–Kier alpha value is -2.36. The van der Waals surface area contributed by atoms with E-state index < -0.39 is 0 Å². The summed E-state index contributed by atoms with van der Waals surface area (Å²) in [5, 5.41) is 0. The molecule has 2 aromatic rings. The van der Waals surface area contributed by atoms with Crippen LogP contribution in [0.15, 0.2) is 37.9 Å². The molecule has 0 radical (unpaired) electrons. The van der Waals surface area contributed by atoms with Crippen LogP contribution in [0, 0.1) is 13.8 Å². The molecule has 18 heavy (non-hydrogen) atoms. The Morgan fingerprint density at radius 1 is 0.778 bits per heavy atom. The van der Waals surface area contributed by atoms with E-state index in [2.05, 4.69) is 33.1 Å². The van der Waals surface area contributed by atoms with Crippen LogP contribution in [0.25, 0.3) is 12.2 Å². The van der Waals surface area contributed by atoms with Crippen molar-refractivity contribution in [3.8, 4) is 0 Å². The van der Waals surface area contributed by atoms with Crippen molar-refractivity contribution in [1.82, 2.24) is 19.9 Å². The van der Waals surface area contributed by atoms with Crippen molar-refractivity contribution in [2.45, 2.75) is 13.8 Å². The van der Waals surface area contributed by atoms with Crippen LogP contribution < -0.4 is 0 Å². The third-order valence-corrected chi connectivity index (χ3v) is 1.97. The average molecular weight is 240 g/mol. The van der Waals surface area contributed by atoms with Gasteiger partial charge in [0.2, 0.25) is 0 Å². The van der Waals surface area contributed by atoms with Crippen LogP contribution in [0.1, 0.15) is 22.8 Å². The van der Waals surface area contributed by atoms with Crippen LogP contribution in [0.3, 0.4) is 0 Å². The Morgan fingerprint density at radius 3 is 1.39 bits per heavy atom. The fourth-order valence-electron chi connectivity index (χ4n) is 1.16. The lowest BCUT2D eigenvalue weighted by Crippen LogP contribution is -1.85. The molecule has 0 N–H and O–H groups in total. The fourth-order valence-corrected chi connectivity index (χ4v) is 1.16. The largest absolute Gasteiger partial charge is 0.261 e. The third-order valence-electron chi connectivity index (χ3n) is 1.97. The van der Waals surface area contributed by atoms with Gasteiger partial charge < -0.3 is 0 Å². The molecule has 2 heterocycles. The van der Waals surface area contributed by atoms with Gasteiger partial charge in [0.05, 0.1) is 35.2 Å².